The lowest BCUT2D eigenvalue weighted by molar-refractivity contribution is 0.391. The van der Waals surface area contributed by atoms with Gasteiger partial charge in [-0.15, -0.1) is 0 Å². The Bertz CT molecular complexity index is 205. The minimum absolute atomic E-state index is 0.928. The zero-order valence-corrected chi connectivity index (χ0v) is 13.2. The summed E-state index contributed by atoms with van der Waals surface area (Å²) in [4.78, 5) is 2.55. The van der Waals surface area contributed by atoms with E-state index in [4.69, 9.17) is 0 Å². The highest BCUT2D eigenvalue weighted by Crippen LogP contribution is 2.25. The summed E-state index contributed by atoms with van der Waals surface area (Å²) in [7, 11) is -0.928. The molecule has 17 heavy (non-hydrogen) atoms. The van der Waals surface area contributed by atoms with Crippen molar-refractivity contribution in [3.8, 4) is 0 Å². The zero-order chi connectivity index (χ0) is 12.6. The SMILES string of the molecule is CC[Si](CC)(CC)CC=CN1CCCCCC1. The molecule has 0 amide bonds. The molecule has 0 aliphatic carbocycles. The smallest absolute Gasteiger partial charge is 0.0565 e. The Kier molecular flexibility index (Phi) is 6.94. The lowest BCUT2D eigenvalue weighted by atomic mass is 10.2. The van der Waals surface area contributed by atoms with Gasteiger partial charge in [0, 0.05) is 13.1 Å². The second-order valence-corrected chi connectivity index (χ2v) is 11.1. The van der Waals surface area contributed by atoms with Gasteiger partial charge in [0.05, 0.1) is 8.07 Å². The summed E-state index contributed by atoms with van der Waals surface area (Å²) >= 11 is 0. The molecule has 0 N–H and O–H groups in total. The normalized spacial score (nSPS) is 18.6. The van der Waals surface area contributed by atoms with Crippen molar-refractivity contribution in [1.29, 1.82) is 0 Å². The van der Waals surface area contributed by atoms with E-state index < -0.39 is 8.07 Å². The maximum absolute atomic E-state index is 2.55. The van der Waals surface area contributed by atoms with E-state index in [9.17, 15) is 0 Å². The minimum atomic E-state index is -0.928. The zero-order valence-electron chi connectivity index (χ0n) is 12.2. The molecule has 0 aromatic carbocycles. The molecule has 1 nitrogen and oxygen atoms in total. The van der Waals surface area contributed by atoms with Gasteiger partial charge in [-0.3, -0.25) is 0 Å². The Morgan fingerprint density at radius 1 is 0.882 bits per heavy atom. The monoisotopic (exact) mass is 253 g/mol. The summed E-state index contributed by atoms with van der Waals surface area (Å²) in [6.07, 6.45) is 10.6. The van der Waals surface area contributed by atoms with E-state index in [1.807, 2.05) is 0 Å². The van der Waals surface area contributed by atoms with Crippen LogP contribution in [-0.2, 0) is 0 Å². The Hall–Kier alpha value is -0.243. The third kappa shape index (κ3) is 4.87. The van der Waals surface area contributed by atoms with Gasteiger partial charge in [0.15, 0.2) is 0 Å². The van der Waals surface area contributed by atoms with E-state index in [1.54, 1.807) is 0 Å². The highest BCUT2D eigenvalue weighted by Gasteiger charge is 2.24. The maximum atomic E-state index is 2.55. The first-order valence-corrected chi connectivity index (χ1v) is 10.5. The molecule has 1 saturated heterocycles. The lowest BCUT2D eigenvalue weighted by Gasteiger charge is -2.27. The third-order valence-electron chi connectivity index (χ3n) is 4.76. The minimum Gasteiger partial charge on any atom is -0.378 e. The summed E-state index contributed by atoms with van der Waals surface area (Å²) < 4.78 is 0. The summed E-state index contributed by atoms with van der Waals surface area (Å²) in [5, 5.41) is 0. The van der Waals surface area contributed by atoms with Crippen LogP contribution in [0.25, 0.3) is 0 Å². The molecule has 1 fully saturated rings. The second-order valence-electron chi connectivity index (χ2n) is 5.60. The highest BCUT2D eigenvalue weighted by atomic mass is 28.3. The molecule has 0 aromatic rings. The molecule has 0 bridgehead atoms. The molecule has 100 valence electrons. The topological polar surface area (TPSA) is 3.24 Å². The fourth-order valence-corrected chi connectivity index (χ4v) is 5.85. The molecule has 2 heteroatoms. The van der Waals surface area contributed by atoms with Crippen LogP contribution in [0.2, 0.25) is 24.2 Å². The van der Waals surface area contributed by atoms with Crippen LogP contribution in [0.15, 0.2) is 12.3 Å². The van der Waals surface area contributed by atoms with E-state index >= 15 is 0 Å². The van der Waals surface area contributed by atoms with Gasteiger partial charge in [-0.2, -0.15) is 0 Å². The van der Waals surface area contributed by atoms with Crippen molar-refractivity contribution in [2.24, 2.45) is 0 Å². The number of rotatable bonds is 6. The van der Waals surface area contributed by atoms with Crippen molar-refractivity contribution < 1.29 is 0 Å². The van der Waals surface area contributed by atoms with Crippen molar-refractivity contribution in [2.45, 2.75) is 70.6 Å². The van der Waals surface area contributed by atoms with Crippen LogP contribution in [0.4, 0.5) is 0 Å². The summed E-state index contributed by atoms with van der Waals surface area (Å²) in [6.45, 7) is 9.78. The van der Waals surface area contributed by atoms with Gasteiger partial charge in [-0.1, -0.05) is 57.8 Å². The molecule has 0 radical (unpaired) electrons. The largest absolute Gasteiger partial charge is 0.378 e. The van der Waals surface area contributed by atoms with Gasteiger partial charge in [-0.05, 0) is 25.1 Å². The summed E-state index contributed by atoms with van der Waals surface area (Å²) in [5.41, 5.74) is 0. The van der Waals surface area contributed by atoms with Gasteiger partial charge < -0.3 is 4.90 Å². The van der Waals surface area contributed by atoms with Crippen LogP contribution in [0.5, 0.6) is 0 Å². The number of allylic oxidation sites excluding steroid dienone is 1. The average molecular weight is 254 g/mol. The predicted molar refractivity (Wildman–Crippen MR) is 81.2 cm³/mol. The van der Waals surface area contributed by atoms with Gasteiger partial charge in [0.25, 0.3) is 0 Å². The highest BCUT2D eigenvalue weighted by molar-refractivity contribution is 6.80. The molecule has 0 saturated carbocycles. The average Bonchev–Trinajstić information content (AvgIpc) is 2.64. The van der Waals surface area contributed by atoms with Crippen molar-refractivity contribution in [3.05, 3.63) is 12.3 Å². The van der Waals surface area contributed by atoms with Gasteiger partial charge in [0.2, 0.25) is 0 Å². The fraction of sp³-hybridized carbons (Fsp3) is 0.867. The van der Waals surface area contributed by atoms with Crippen molar-refractivity contribution >= 4 is 8.07 Å². The number of nitrogens with zero attached hydrogens (tertiary/aromatic N) is 1. The molecular weight excluding hydrogens is 222 g/mol. The first-order valence-electron chi connectivity index (χ1n) is 7.67. The molecular formula is C15H31NSi. The first-order chi connectivity index (χ1) is 8.26. The van der Waals surface area contributed by atoms with Gasteiger partial charge in [-0.25, -0.2) is 0 Å². The van der Waals surface area contributed by atoms with E-state index in [0.29, 0.717) is 0 Å². The Labute approximate surface area is 109 Å². The van der Waals surface area contributed by atoms with Crippen LogP contribution in [-0.4, -0.2) is 26.1 Å². The second kappa shape index (κ2) is 7.96. The quantitative estimate of drug-likeness (QED) is 0.610. The molecule has 0 unspecified atom stereocenters. The van der Waals surface area contributed by atoms with Crippen LogP contribution in [0.3, 0.4) is 0 Å². The molecule has 0 atom stereocenters. The third-order valence-corrected chi connectivity index (χ3v) is 10.4. The molecule has 1 aliphatic rings. The van der Waals surface area contributed by atoms with E-state index in [2.05, 4.69) is 37.9 Å². The Morgan fingerprint density at radius 3 is 1.88 bits per heavy atom. The molecule has 0 aromatic heterocycles. The van der Waals surface area contributed by atoms with Crippen molar-refractivity contribution in [3.63, 3.8) is 0 Å². The number of hydrogen-bond acceptors (Lipinski definition) is 1. The van der Waals surface area contributed by atoms with Crippen LogP contribution >= 0.6 is 0 Å². The van der Waals surface area contributed by atoms with Crippen LogP contribution in [0.1, 0.15) is 46.5 Å². The van der Waals surface area contributed by atoms with Crippen molar-refractivity contribution in [1.82, 2.24) is 4.90 Å². The van der Waals surface area contributed by atoms with Crippen LogP contribution < -0.4 is 0 Å². The molecule has 0 spiro atoms. The van der Waals surface area contributed by atoms with E-state index in [0.717, 1.165) is 0 Å². The maximum Gasteiger partial charge on any atom is 0.0565 e. The van der Waals surface area contributed by atoms with Gasteiger partial charge >= 0.3 is 0 Å². The number of likely N-dealkylation sites (tertiary alicyclic amines) is 1. The predicted octanol–water partition coefficient (Wildman–Crippen LogP) is 4.88. The summed E-state index contributed by atoms with van der Waals surface area (Å²) in [6, 6.07) is 5.74. The first kappa shape index (κ1) is 14.8. The van der Waals surface area contributed by atoms with E-state index in [-0.39, 0.29) is 0 Å². The van der Waals surface area contributed by atoms with Crippen LogP contribution in [0, 0.1) is 0 Å². The Morgan fingerprint density at radius 2 is 1.41 bits per heavy atom. The Balaban J connectivity index is 2.41. The standard InChI is InChI=1S/C15H31NSi/c1-4-17(5-2,6-3)15-11-14-16-12-9-7-8-10-13-16/h11,14H,4-10,12-13,15H2,1-3H3. The number of hydrogen-bond donors (Lipinski definition) is 0. The van der Waals surface area contributed by atoms with Crippen molar-refractivity contribution in [2.75, 3.05) is 13.1 Å². The molecule has 1 rings (SSSR count). The van der Waals surface area contributed by atoms with Gasteiger partial charge in [0.1, 0.15) is 0 Å². The molecule has 1 heterocycles. The van der Waals surface area contributed by atoms with E-state index in [1.165, 1.54) is 62.9 Å². The lowest BCUT2D eigenvalue weighted by Crippen LogP contribution is -2.30. The fourth-order valence-electron chi connectivity index (χ4n) is 2.88. The summed E-state index contributed by atoms with van der Waals surface area (Å²) in [5.74, 6) is 0. The molecule has 1 aliphatic heterocycles.